The highest BCUT2D eigenvalue weighted by Gasteiger charge is 2.17. The number of amides is 2. The molecule has 0 heterocycles. The van der Waals surface area contributed by atoms with Gasteiger partial charge in [-0.1, -0.05) is 6.07 Å². The number of likely N-dealkylation sites (N-methyl/N-ethyl adjacent to an activating group) is 1. The maximum atomic E-state index is 13.7. The van der Waals surface area contributed by atoms with Gasteiger partial charge in [-0.25, -0.2) is 8.78 Å². The van der Waals surface area contributed by atoms with E-state index in [4.69, 9.17) is 10.5 Å². The number of nitrogens with zero attached hydrogens (tertiary/aromatic N) is 1. The van der Waals surface area contributed by atoms with Crippen LogP contribution in [0.15, 0.2) is 42.5 Å². The quantitative estimate of drug-likeness (QED) is 0.835. The molecular weight excluding hydrogens is 330 g/mol. The first kappa shape index (κ1) is 18.4. The molecule has 0 bridgehead atoms. The summed E-state index contributed by atoms with van der Waals surface area (Å²) in [5.41, 5.74) is 5.30. The molecule has 2 rings (SSSR count). The van der Waals surface area contributed by atoms with Crippen molar-refractivity contribution >= 4 is 11.8 Å². The fourth-order valence-corrected chi connectivity index (χ4v) is 2.20. The minimum absolute atomic E-state index is 0.163. The van der Waals surface area contributed by atoms with Gasteiger partial charge in [0.2, 0.25) is 5.91 Å². The highest BCUT2D eigenvalue weighted by Crippen LogP contribution is 2.16. The van der Waals surface area contributed by atoms with E-state index in [1.54, 1.807) is 6.92 Å². The van der Waals surface area contributed by atoms with Crippen LogP contribution in [-0.4, -0.2) is 29.9 Å². The van der Waals surface area contributed by atoms with E-state index in [2.05, 4.69) is 0 Å². The molecule has 0 aromatic heterocycles. The van der Waals surface area contributed by atoms with Gasteiger partial charge in [0.15, 0.2) is 6.61 Å². The van der Waals surface area contributed by atoms with Gasteiger partial charge in [0.05, 0.1) is 6.54 Å². The van der Waals surface area contributed by atoms with Gasteiger partial charge < -0.3 is 15.4 Å². The number of halogens is 2. The van der Waals surface area contributed by atoms with Crippen molar-refractivity contribution in [3.05, 3.63) is 65.2 Å². The minimum atomic E-state index is -0.700. The first-order valence-corrected chi connectivity index (χ1v) is 7.65. The summed E-state index contributed by atoms with van der Waals surface area (Å²) in [4.78, 5) is 24.5. The highest BCUT2D eigenvalue weighted by atomic mass is 19.1. The molecule has 0 spiro atoms. The molecule has 2 amide bonds. The molecule has 0 radical (unpaired) electrons. The molecule has 2 aromatic rings. The number of carbonyl (C=O) groups is 2. The molecule has 0 saturated heterocycles. The zero-order valence-electron chi connectivity index (χ0n) is 13.7. The lowest BCUT2D eigenvalue weighted by molar-refractivity contribution is -0.133. The number of benzene rings is 2. The molecule has 5 nitrogen and oxygen atoms in total. The van der Waals surface area contributed by atoms with Crippen LogP contribution < -0.4 is 10.5 Å². The number of nitrogens with two attached hydrogens (primary N) is 1. The molecule has 0 aliphatic heterocycles. The number of rotatable bonds is 7. The summed E-state index contributed by atoms with van der Waals surface area (Å²) < 4.78 is 32.8. The molecule has 2 aromatic carbocycles. The van der Waals surface area contributed by atoms with Crippen molar-refractivity contribution in [2.24, 2.45) is 5.73 Å². The molecule has 0 aliphatic carbocycles. The molecule has 25 heavy (non-hydrogen) atoms. The largest absolute Gasteiger partial charge is 0.484 e. The minimum Gasteiger partial charge on any atom is -0.484 e. The molecule has 2 N–H and O–H groups in total. The Bertz CT molecular complexity index is 743. The van der Waals surface area contributed by atoms with Gasteiger partial charge in [-0.15, -0.1) is 0 Å². The standard InChI is InChI=1S/C18H18F2N2O3/c1-2-22(10-14-15(19)4-3-5-16(14)20)17(23)11-25-13-8-6-12(7-9-13)18(21)24/h3-9H,2,10-11H2,1H3,(H2,21,24). The molecule has 132 valence electrons. The van der Waals surface area contributed by atoms with Gasteiger partial charge in [0.1, 0.15) is 17.4 Å². The molecule has 0 unspecified atom stereocenters. The van der Waals surface area contributed by atoms with Crippen molar-refractivity contribution in [3.63, 3.8) is 0 Å². The Kier molecular flexibility index (Phi) is 6.05. The van der Waals surface area contributed by atoms with Gasteiger partial charge in [0.25, 0.3) is 5.91 Å². The van der Waals surface area contributed by atoms with E-state index in [1.807, 2.05) is 0 Å². The Morgan fingerprint density at radius 2 is 1.68 bits per heavy atom. The van der Waals surface area contributed by atoms with Crippen LogP contribution in [0.5, 0.6) is 5.75 Å². The fourth-order valence-electron chi connectivity index (χ4n) is 2.20. The number of hydrogen-bond donors (Lipinski definition) is 1. The SMILES string of the molecule is CCN(Cc1c(F)cccc1F)C(=O)COc1ccc(C(N)=O)cc1. The molecular formula is C18H18F2N2O3. The Morgan fingerprint density at radius 3 is 2.20 bits per heavy atom. The van der Waals surface area contributed by atoms with Crippen LogP contribution in [0.2, 0.25) is 0 Å². The molecule has 0 aliphatic rings. The van der Waals surface area contributed by atoms with E-state index >= 15 is 0 Å². The van der Waals surface area contributed by atoms with Crippen LogP contribution >= 0.6 is 0 Å². The lowest BCUT2D eigenvalue weighted by atomic mass is 10.2. The number of hydrogen-bond acceptors (Lipinski definition) is 3. The molecule has 7 heteroatoms. The predicted octanol–water partition coefficient (Wildman–Crippen LogP) is 2.49. The third-order valence-electron chi connectivity index (χ3n) is 3.65. The fraction of sp³-hybridized carbons (Fsp3) is 0.222. The van der Waals surface area contributed by atoms with Crippen LogP contribution in [0.3, 0.4) is 0 Å². The third kappa shape index (κ3) is 4.76. The van der Waals surface area contributed by atoms with Crippen molar-refractivity contribution < 1.29 is 23.1 Å². The number of ether oxygens (including phenoxy) is 1. The van der Waals surface area contributed by atoms with Crippen LogP contribution in [0.4, 0.5) is 8.78 Å². The first-order valence-electron chi connectivity index (χ1n) is 7.65. The average molecular weight is 348 g/mol. The predicted molar refractivity (Wildman–Crippen MR) is 87.9 cm³/mol. The van der Waals surface area contributed by atoms with Crippen molar-refractivity contribution in [3.8, 4) is 5.75 Å². The molecule has 0 saturated carbocycles. The maximum absolute atomic E-state index is 13.7. The maximum Gasteiger partial charge on any atom is 0.260 e. The molecule has 0 fully saturated rings. The van der Waals surface area contributed by atoms with Crippen LogP contribution in [0.1, 0.15) is 22.8 Å². The van der Waals surface area contributed by atoms with E-state index < -0.39 is 23.4 Å². The summed E-state index contributed by atoms with van der Waals surface area (Å²) in [6.45, 7) is 1.51. The summed E-state index contributed by atoms with van der Waals surface area (Å²) in [6.07, 6.45) is 0. The van der Waals surface area contributed by atoms with E-state index in [-0.39, 0.29) is 25.3 Å². The van der Waals surface area contributed by atoms with E-state index in [1.165, 1.54) is 35.2 Å². The van der Waals surface area contributed by atoms with Gasteiger partial charge in [0, 0.05) is 17.7 Å². The Labute approximate surface area is 144 Å². The normalized spacial score (nSPS) is 10.4. The monoisotopic (exact) mass is 348 g/mol. The zero-order chi connectivity index (χ0) is 18.4. The smallest absolute Gasteiger partial charge is 0.260 e. The topological polar surface area (TPSA) is 72.6 Å². The van der Waals surface area contributed by atoms with E-state index in [9.17, 15) is 18.4 Å². The summed E-state index contributed by atoms with van der Waals surface area (Å²) in [5.74, 6) is -1.99. The second-order valence-corrected chi connectivity index (χ2v) is 5.29. The zero-order valence-corrected chi connectivity index (χ0v) is 13.7. The van der Waals surface area contributed by atoms with Gasteiger partial charge in [-0.05, 0) is 43.3 Å². The lowest BCUT2D eigenvalue weighted by Gasteiger charge is -2.21. The van der Waals surface area contributed by atoms with Crippen molar-refractivity contribution in [1.29, 1.82) is 0 Å². The van der Waals surface area contributed by atoms with Crippen molar-refractivity contribution in [2.45, 2.75) is 13.5 Å². The summed E-state index contributed by atoms with van der Waals surface area (Å²) in [6, 6.07) is 9.55. The third-order valence-corrected chi connectivity index (χ3v) is 3.65. The van der Waals surface area contributed by atoms with Crippen molar-refractivity contribution in [2.75, 3.05) is 13.2 Å². The Hall–Kier alpha value is -2.96. The summed E-state index contributed by atoms with van der Waals surface area (Å²) in [7, 11) is 0. The second kappa shape index (κ2) is 8.23. The van der Waals surface area contributed by atoms with Gasteiger partial charge >= 0.3 is 0 Å². The van der Waals surface area contributed by atoms with Crippen molar-refractivity contribution in [1.82, 2.24) is 4.90 Å². The van der Waals surface area contributed by atoms with Crippen LogP contribution in [0.25, 0.3) is 0 Å². The Balaban J connectivity index is 1.99. The Morgan fingerprint density at radius 1 is 1.08 bits per heavy atom. The highest BCUT2D eigenvalue weighted by molar-refractivity contribution is 5.92. The lowest BCUT2D eigenvalue weighted by Crippen LogP contribution is -2.34. The first-order chi connectivity index (χ1) is 11.9. The van der Waals surface area contributed by atoms with Gasteiger partial charge in [-0.2, -0.15) is 0 Å². The van der Waals surface area contributed by atoms with Crippen LogP contribution in [0, 0.1) is 11.6 Å². The number of primary amides is 1. The number of carbonyl (C=O) groups excluding carboxylic acids is 2. The van der Waals surface area contributed by atoms with Gasteiger partial charge in [-0.3, -0.25) is 9.59 Å². The van der Waals surface area contributed by atoms with Crippen LogP contribution in [-0.2, 0) is 11.3 Å². The average Bonchev–Trinajstić information content (AvgIpc) is 2.60. The molecule has 0 atom stereocenters. The van der Waals surface area contributed by atoms with E-state index in [0.29, 0.717) is 11.3 Å². The summed E-state index contributed by atoms with van der Waals surface area (Å²) >= 11 is 0. The second-order valence-electron chi connectivity index (χ2n) is 5.29. The van der Waals surface area contributed by atoms with E-state index in [0.717, 1.165) is 12.1 Å². The summed E-state index contributed by atoms with van der Waals surface area (Å²) in [5, 5.41) is 0.